The number of isothiocyanates is 1. The van der Waals surface area contributed by atoms with Gasteiger partial charge in [-0.2, -0.15) is 4.99 Å². The summed E-state index contributed by atoms with van der Waals surface area (Å²) in [6, 6.07) is 18.7. The van der Waals surface area contributed by atoms with Crippen molar-refractivity contribution in [2.24, 2.45) is 4.99 Å². The van der Waals surface area contributed by atoms with Crippen LogP contribution in [0.25, 0.3) is 22.4 Å². The Balaban J connectivity index is 1.86. The zero-order chi connectivity index (χ0) is 17.6. The molecule has 4 heteroatoms. The molecule has 0 amide bonds. The molecule has 2 aromatic carbocycles. The molecule has 2 nitrogen and oxygen atoms in total. The standard InChI is InChI=1S/C21H17ClN2S/c1-2-3-15-4-6-16(7-5-15)17-8-10-18(11-9-17)21-20(22)12-19(13-23-21)24-14-25/h4-13H,2-3H2,1H3. The summed E-state index contributed by atoms with van der Waals surface area (Å²) in [4.78, 5) is 8.28. The molecule has 0 aliphatic rings. The molecule has 124 valence electrons. The van der Waals surface area contributed by atoms with E-state index in [0.29, 0.717) is 10.7 Å². The Morgan fingerprint density at radius 1 is 1.00 bits per heavy atom. The van der Waals surface area contributed by atoms with Gasteiger partial charge >= 0.3 is 0 Å². The van der Waals surface area contributed by atoms with E-state index in [0.717, 1.165) is 24.1 Å². The highest BCUT2D eigenvalue weighted by Gasteiger charge is 2.07. The van der Waals surface area contributed by atoms with Crippen LogP contribution in [0.5, 0.6) is 0 Å². The summed E-state index contributed by atoms with van der Waals surface area (Å²) in [6.07, 6.45) is 3.92. The fraction of sp³-hybridized carbons (Fsp3) is 0.143. The van der Waals surface area contributed by atoms with Crippen molar-refractivity contribution < 1.29 is 0 Å². The van der Waals surface area contributed by atoms with Crippen molar-refractivity contribution in [2.75, 3.05) is 0 Å². The predicted molar refractivity (Wildman–Crippen MR) is 109 cm³/mol. The third kappa shape index (κ3) is 4.21. The molecule has 0 radical (unpaired) electrons. The van der Waals surface area contributed by atoms with E-state index >= 15 is 0 Å². The Kier molecular flexibility index (Phi) is 5.72. The molecule has 3 aromatic rings. The number of pyridine rings is 1. The summed E-state index contributed by atoms with van der Waals surface area (Å²) < 4.78 is 0. The smallest absolute Gasteiger partial charge is 0.0937 e. The number of aliphatic imine (C=N–C) groups is 1. The number of hydrogen-bond donors (Lipinski definition) is 0. The Bertz CT molecular complexity index is 912. The van der Waals surface area contributed by atoms with E-state index in [1.165, 1.54) is 16.7 Å². The first-order valence-electron chi connectivity index (χ1n) is 8.14. The van der Waals surface area contributed by atoms with Gasteiger partial charge in [0.1, 0.15) is 0 Å². The maximum absolute atomic E-state index is 6.32. The number of aromatic nitrogens is 1. The summed E-state index contributed by atoms with van der Waals surface area (Å²) in [5.74, 6) is 0. The molecule has 25 heavy (non-hydrogen) atoms. The molecule has 3 rings (SSSR count). The fourth-order valence-electron chi connectivity index (χ4n) is 2.73. The highest BCUT2D eigenvalue weighted by atomic mass is 35.5. The van der Waals surface area contributed by atoms with Gasteiger partial charge in [-0.3, -0.25) is 4.98 Å². The lowest BCUT2D eigenvalue weighted by atomic mass is 10.0. The first-order chi connectivity index (χ1) is 12.2. The lowest BCUT2D eigenvalue weighted by Crippen LogP contribution is -1.86. The number of benzene rings is 2. The van der Waals surface area contributed by atoms with Crippen LogP contribution < -0.4 is 0 Å². The number of aryl methyl sites for hydroxylation is 1. The van der Waals surface area contributed by atoms with Gasteiger partial charge in [0.05, 0.1) is 27.8 Å². The van der Waals surface area contributed by atoms with Gasteiger partial charge < -0.3 is 0 Å². The van der Waals surface area contributed by atoms with Crippen LogP contribution in [0.3, 0.4) is 0 Å². The van der Waals surface area contributed by atoms with E-state index in [1.807, 2.05) is 12.1 Å². The molecule has 0 atom stereocenters. The predicted octanol–water partition coefficient (Wildman–Crippen LogP) is 6.76. The summed E-state index contributed by atoms with van der Waals surface area (Å²) in [5, 5.41) is 2.86. The Labute approximate surface area is 158 Å². The zero-order valence-electron chi connectivity index (χ0n) is 13.9. The molecule has 0 saturated carbocycles. The average molecular weight is 365 g/mol. The molecule has 1 aromatic heterocycles. The van der Waals surface area contributed by atoms with E-state index in [2.05, 4.69) is 70.7 Å². The van der Waals surface area contributed by atoms with Crippen molar-refractivity contribution in [3.63, 3.8) is 0 Å². The van der Waals surface area contributed by atoms with Gasteiger partial charge in [-0.1, -0.05) is 73.5 Å². The number of rotatable bonds is 5. The number of thiocarbonyl (C=S) groups is 1. The Morgan fingerprint density at radius 2 is 1.60 bits per heavy atom. The van der Waals surface area contributed by atoms with Gasteiger partial charge in [0.25, 0.3) is 0 Å². The number of hydrogen-bond acceptors (Lipinski definition) is 3. The fourth-order valence-corrected chi connectivity index (χ4v) is 3.10. The van der Waals surface area contributed by atoms with Crippen molar-refractivity contribution in [1.82, 2.24) is 4.98 Å². The van der Waals surface area contributed by atoms with E-state index in [1.54, 1.807) is 12.3 Å². The molecule has 1 heterocycles. The highest BCUT2D eigenvalue weighted by molar-refractivity contribution is 7.78. The third-order valence-corrected chi connectivity index (χ3v) is 4.37. The van der Waals surface area contributed by atoms with Crippen LogP contribution >= 0.6 is 23.8 Å². The first-order valence-corrected chi connectivity index (χ1v) is 8.93. The first kappa shape index (κ1) is 17.5. The van der Waals surface area contributed by atoms with E-state index < -0.39 is 0 Å². The SMILES string of the molecule is CCCc1ccc(-c2ccc(-c3ncc(N=C=S)cc3Cl)cc2)cc1. The quantitative estimate of drug-likeness (QED) is 0.369. The van der Waals surface area contributed by atoms with E-state index in [9.17, 15) is 0 Å². The van der Waals surface area contributed by atoms with Crippen molar-refractivity contribution in [1.29, 1.82) is 0 Å². The van der Waals surface area contributed by atoms with Crippen LogP contribution in [0.15, 0.2) is 65.8 Å². The van der Waals surface area contributed by atoms with Gasteiger partial charge in [0, 0.05) is 5.56 Å². The molecule has 0 bridgehead atoms. The van der Waals surface area contributed by atoms with Crippen molar-refractivity contribution in [3.05, 3.63) is 71.4 Å². The van der Waals surface area contributed by atoms with Crippen LogP contribution in [-0.2, 0) is 6.42 Å². The second kappa shape index (κ2) is 8.17. The van der Waals surface area contributed by atoms with Crippen LogP contribution in [0.2, 0.25) is 5.02 Å². The van der Waals surface area contributed by atoms with Crippen LogP contribution in [0.4, 0.5) is 5.69 Å². The minimum atomic E-state index is 0.545. The summed E-state index contributed by atoms with van der Waals surface area (Å²) in [5.41, 5.74) is 6.05. The molecule has 0 N–H and O–H groups in total. The molecule has 0 aliphatic heterocycles. The third-order valence-electron chi connectivity index (χ3n) is 3.99. The van der Waals surface area contributed by atoms with Gasteiger partial charge in [-0.25, -0.2) is 0 Å². The topological polar surface area (TPSA) is 25.2 Å². The zero-order valence-corrected chi connectivity index (χ0v) is 15.4. The van der Waals surface area contributed by atoms with Crippen LogP contribution in [0, 0.1) is 0 Å². The van der Waals surface area contributed by atoms with Gasteiger partial charge in [0.2, 0.25) is 0 Å². The van der Waals surface area contributed by atoms with Crippen LogP contribution in [-0.4, -0.2) is 10.1 Å². The largest absolute Gasteiger partial charge is 0.252 e. The molecular formula is C21H17ClN2S. The van der Waals surface area contributed by atoms with E-state index in [4.69, 9.17) is 11.6 Å². The second-order valence-corrected chi connectivity index (χ2v) is 6.34. The average Bonchev–Trinajstić information content (AvgIpc) is 2.63. The van der Waals surface area contributed by atoms with Crippen molar-refractivity contribution >= 4 is 34.7 Å². The summed E-state index contributed by atoms with van der Waals surface area (Å²) in [6.45, 7) is 2.19. The number of nitrogens with zero attached hydrogens (tertiary/aromatic N) is 2. The van der Waals surface area contributed by atoms with Gasteiger partial charge in [-0.05, 0) is 41.4 Å². The maximum atomic E-state index is 6.32. The highest BCUT2D eigenvalue weighted by Crippen LogP contribution is 2.30. The summed E-state index contributed by atoms with van der Waals surface area (Å²) >= 11 is 10.9. The molecule has 0 spiro atoms. The minimum absolute atomic E-state index is 0.545. The lowest BCUT2D eigenvalue weighted by molar-refractivity contribution is 0.922. The molecular weight excluding hydrogens is 348 g/mol. The van der Waals surface area contributed by atoms with E-state index in [-0.39, 0.29) is 0 Å². The monoisotopic (exact) mass is 364 g/mol. The maximum Gasteiger partial charge on any atom is 0.0937 e. The Morgan fingerprint density at radius 3 is 2.16 bits per heavy atom. The normalized spacial score (nSPS) is 10.3. The van der Waals surface area contributed by atoms with Crippen molar-refractivity contribution in [2.45, 2.75) is 19.8 Å². The Hall–Kier alpha value is -2.32. The lowest BCUT2D eigenvalue weighted by Gasteiger charge is -2.07. The van der Waals surface area contributed by atoms with Crippen LogP contribution in [0.1, 0.15) is 18.9 Å². The molecule has 0 fully saturated rings. The molecule has 0 aliphatic carbocycles. The van der Waals surface area contributed by atoms with Gasteiger partial charge in [0.15, 0.2) is 0 Å². The molecule has 0 saturated heterocycles. The molecule has 0 unspecified atom stereocenters. The number of halogens is 1. The minimum Gasteiger partial charge on any atom is -0.252 e. The second-order valence-electron chi connectivity index (χ2n) is 5.75. The summed E-state index contributed by atoms with van der Waals surface area (Å²) in [7, 11) is 0. The van der Waals surface area contributed by atoms with Crippen molar-refractivity contribution in [3.8, 4) is 22.4 Å². The van der Waals surface area contributed by atoms with Gasteiger partial charge in [-0.15, -0.1) is 0 Å².